The van der Waals surface area contributed by atoms with Crippen molar-refractivity contribution in [1.82, 2.24) is 9.29 Å². The Morgan fingerprint density at radius 3 is 2.35 bits per heavy atom. The Balaban J connectivity index is 1.79. The van der Waals surface area contributed by atoms with Crippen LogP contribution in [0.25, 0.3) is 21.9 Å². The normalized spacial score (nSPS) is 12.1. The van der Waals surface area contributed by atoms with Gasteiger partial charge in [-0.1, -0.05) is 54.6 Å². The second-order valence-electron chi connectivity index (χ2n) is 7.23. The largest absolute Gasteiger partial charge is 0.495 e. The number of nitrogens with zero attached hydrogens (tertiary/aromatic N) is 1. The molecule has 0 saturated carbocycles. The van der Waals surface area contributed by atoms with Crippen LogP contribution < -0.4 is 15.0 Å². The van der Waals surface area contributed by atoms with Gasteiger partial charge in [0.1, 0.15) is 10.6 Å². The first-order valence-electron chi connectivity index (χ1n) is 9.74. The van der Waals surface area contributed by atoms with Crippen molar-refractivity contribution < 1.29 is 13.8 Å². The number of rotatable bonds is 6. The van der Waals surface area contributed by atoms with Gasteiger partial charge in [-0.05, 0) is 34.7 Å². The first kappa shape index (κ1) is 21.1. The lowest BCUT2D eigenvalue weighted by Gasteiger charge is -2.34. The molecule has 0 atom stereocenters. The lowest BCUT2D eigenvalue weighted by molar-refractivity contribution is 0.395. The fraction of sp³-hybridized carbons (Fsp3) is 0.125. The fourth-order valence-corrected chi connectivity index (χ4v) is 4.82. The standard InChI is InChI=1S/C24H24N2O4S/c1-26-16-21(19-10-6-7-11-20(19)24(26)27)18-12-13-22(30-2)23(14-18)31(28,29)25-15-17-8-4-3-5-9-17/h3-14,16,25,28-29H,15H2,1-2H3. The van der Waals surface area contributed by atoms with Gasteiger partial charge in [-0.15, -0.1) is 10.8 Å². The molecule has 7 heteroatoms. The highest BCUT2D eigenvalue weighted by atomic mass is 32.3. The summed E-state index contributed by atoms with van der Waals surface area (Å²) in [5.41, 5.74) is 2.42. The minimum atomic E-state index is -3.35. The average Bonchev–Trinajstić information content (AvgIpc) is 2.80. The van der Waals surface area contributed by atoms with Crippen molar-refractivity contribution in [2.24, 2.45) is 7.05 Å². The van der Waals surface area contributed by atoms with Crippen molar-refractivity contribution in [3.8, 4) is 16.9 Å². The minimum absolute atomic E-state index is 0.0816. The molecule has 0 unspecified atom stereocenters. The van der Waals surface area contributed by atoms with Crippen LogP contribution in [0.15, 0.2) is 88.7 Å². The highest BCUT2D eigenvalue weighted by molar-refractivity contribution is 8.22. The van der Waals surface area contributed by atoms with Gasteiger partial charge in [-0.3, -0.25) is 13.9 Å². The zero-order chi connectivity index (χ0) is 22.0. The van der Waals surface area contributed by atoms with Crippen LogP contribution in [0.3, 0.4) is 0 Å². The lowest BCUT2D eigenvalue weighted by Crippen LogP contribution is -2.20. The Morgan fingerprint density at radius 1 is 0.968 bits per heavy atom. The van der Waals surface area contributed by atoms with Crippen molar-refractivity contribution in [2.75, 3.05) is 7.11 Å². The van der Waals surface area contributed by atoms with Crippen LogP contribution in [0.4, 0.5) is 0 Å². The second-order valence-corrected chi connectivity index (χ2v) is 9.05. The van der Waals surface area contributed by atoms with Gasteiger partial charge in [0.25, 0.3) is 5.56 Å². The number of hydrogen-bond acceptors (Lipinski definition) is 5. The van der Waals surface area contributed by atoms with Gasteiger partial charge in [-0.2, -0.15) is 0 Å². The molecule has 0 radical (unpaired) electrons. The summed E-state index contributed by atoms with van der Waals surface area (Å²) in [6, 6.07) is 22.2. The van der Waals surface area contributed by atoms with Crippen molar-refractivity contribution in [2.45, 2.75) is 11.4 Å². The van der Waals surface area contributed by atoms with Gasteiger partial charge in [0.15, 0.2) is 0 Å². The number of pyridine rings is 1. The molecule has 31 heavy (non-hydrogen) atoms. The van der Waals surface area contributed by atoms with E-state index in [-0.39, 0.29) is 10.5 Å². The summed E-state index contributed by atoms with van der Waals surface area (Å²) in [7, 11) is -0.148. The number of hydrogen-bond donors (Lipinski definition) is 3. The second kappa shape index (κ2) is 8.56. The number of ether oxygens (including phenoxy) is 1. The van der Waals surface area contributed by atoms with E-state index in [9.17, 15) is 13.9 Å². The third kappa shape index (κ3) is 4.22. The molecule has 0 aliphatic heterocycles. The summed E-state index contributed by atoms with van der Waals surface area (Å²) in [6.07, 6.45) is 1.76. The number of aromatic nitrogens is 1. The van der Waals surface area contributed by atoms with Crippen LogP contribution in [-0.4, -0.2) is 20.8 Å². The van der Waals surface area contributed by atoms with Crippen LogP contribution >= 0.6 is 10.8 Å². The van der Waals surface area contributed by atoms with E-state index in [0.717, 1.165) is 22.1 Å². The third-order valence-electron chi connectivity index (χ3n) is 5.19. The monoisotopic (exact) mass is 436 g/mol. The van der Waals surface area contributed by atoms with E-state index in [2.05, 4.69) is 4.72 Å². The SMILES string of the molecule is COc1ccc(-c2cn(C)c(=O)c3ccccc23)cc1S(O)(O)NCc1ccccc1. The van der Waals surface area contributed by atoms with Crippen molar-refractivity contribution in [3.63, 3.8) is 0 Å². The van der Waals surface area contributed by atoms with E-state index in [1.807, 2.05) is 54.6 Å². The van der Waals surface area contributed by atoms with E-state index in [4.69, 9.17) is 4.74 Å². The zero-order valence-electron chi connectivity index (χ0n) is 17.3. The molecular weight excluding hydrogens is 412 g/mol. The number of aryl methyl sites for hydroxylation is 1. The van der Waals surface area contributed by atoms with Crippen molar-refractivity contribution in [1.29, 1.82) is 0 Å². The van der Waals surface area contributed by atoms with E-state index >= 15 is 0 Å². The molecule has 4 aromatic rings. The topological polar surface area (TPSA) is 83.7 Å². The van der Waals surface area contributed by atoms with E-state index in [0.29, 0.717) is 17.7 Å². The van der Waals surface area contributed by atoms with Crippen LogP contribution in [0.5, 0.6) is 5.75 Å². The molecule has 4 rings (SSSR count). The predicted octanol–water partition coefficient (Wildman–Crippen LogP) is 5.03. The third-order valence-corrected chi connectivity index (χ3v) is 6.67. The predicted molar refractivity (Wildman–Crippen MR) is 126 cm³/mol. The zero-order valence-corrected chi connectivity index (χ0v) is 18.1. The Kier molecular flexibility index (Phi) is 5.84. The molecule has 0 bridgehead atoms. The molecule has 0 aliphatic rings. The summed E-state index contributed by atoms with van der Waals surface area (Å²) in [4.78, 5) is 12.8. The molecule has 0 fully saturated rings. The smallest absolute Gasteiger partial charge is 0.258 e. The first-order chi connectivity index (χ1) is 14.9. The molecule has 1 heterocycles. The summed E-state index contributed by atoms with van der Waals surface area (Å²) in [5.74, 6) is 0.374. The molecule has 3 N–H and O–H groups in total. The molecule has 0 saturated heterocycles. The molecule has 6 nitrogen and oxygen atoms in total. The fourth-order valence-electron chi connectivity index (χ4n) is 3.57. The lowest BCUT2D eigenvalue weighted by atomic mass is 10.0. The Hall–Kier alpha value is -3.10. The molecule has 3 aromatic carbocycles. The van der Waals surface area contributed by atoms with Crippen molar-refractivity contribution in [3.05, 3.63) is 94.9 Å². The maximum atomic E-state index is 12.5. The molecule has 0 spiro atoms. The van der Waals surface area contributed by atoms with Gasteiger partial charge in [0, 0.05) is 30.7 Å². The summed E-state index contributed by atoms with van der Waals surface area (Å²) in [5, 5.41) is 1.41. The van der Waals surface area contributed by atoms with Gasteiger partial charge in [0.2, 0.25) is 0 Å². The van der Waals surface area contributed by atoms with Gasteiger partial charge in [-0.25, -0.2) is 4.72 Å². The number of methoxy groups -OCH3 is 1. The highest BCUT2D eigenvalue weighted by Crippen LogP contribution is 2.50. The van der Waals surface area contributed by atoms with Crippen molar-refractivity contribution >= 4 is 21.5 Å². The van der Waals surface area contributed by atoms with Crippen LogP contribution in [0.1, 0.15) is 5.56 Å². The molecule has 0 aliphatic carbocycles. The first-order valence-corrected chi connectivity index (χ1v) is 11.3. The van der Waals surface area contributed by atoms with Crippen LogP contribution in [0.2, 0.25) is 0 Å². The summed E-state index contributed by atoms with van der Waals surface area (Å²) >= 11 is 0. The van der Waals surface area contributed by atoms with Gasteiger partial charge >= 0.3 is 0 Å². The molecule has 1 aromatic heterocycles. The quantitative estimate of drug-likeness (QED) is 0.395. The maximum absolute atomic E-state index is 12.5. The maximum Gasteiger partial charge on any atom is 0.258 e. The van der Waals surface area contributed by atoms with E-state index in [1.165, 1.54) is 11.7 Å². The Bertz CT molecular complexity index is 1290. The van der Waals surface area contributed by atoms with E-state index < -0.39 is 10.8 Å². The van der Waals surface area contributed by atoms with Crippen LogP contribution in [-0.2, 0) is 13.6 Å². The molecule has 0 amide bonds. The minimum Gasteiger partial charge on any atom is -0.495 e. The Labute approximate surface area is 182 Å². The number of nitrogens with one attached hydrogen (secondary N) is 1. The molecular formula is C24H24N2O4S. The highest BCUT2D eigenvalue weighted by Gasteiger charge is 2.22. The summed E-state index contributed by atoms with van der Waals surface area (Å²) in [6.45, 7) is 0.291. The molecule has 160 valence electrons. The summed E-state index contributed by atoms with van der Waals surface area (Å²) < 4.78 is 31.7. The van der Waals surface area contributed by atoms with E-state index in [1.54, 1.807) is 31.4 Å². The number of fused-ring (bicyclic) bond motifs is 1. The van der Waals surface area contributed by atoms with Gasteiger partial charge < -0.3 is 9.30 Å². The Morgan fingerprint density at radius 2 is 1.65 bits per heavy atom. The average molecular weight is 437 g/mol. The van der Waals surface area contributed by atoms with Crippen LogP contribution in [0, 0.1) is 0 Å². The number of benzene rings is 3. The van der Waals surface area contributed by atoms with Gasteiger partial charge in [0.05, 0.1) is 7.11 Å².